The highest BCUT2D eigenvalue weighted by molar-refractivity contribution is 9.10. The van der Waals surface area contributed by atoms with Crippen molar-refractivity contribution in [2.24, 2.45) is 4.99 Å². The Morgan fingerprint density at radius 1 is 1.32 bits per heavy atom. The second-order valence-corrected chi connectivity index (χ2v) is 7.39. The van der Waals surface area contributed by atoms with E-state index >= 15 is 0 Å². The van der Waals surface area contributed by atoms with Crippen molar-refractivity contribution in [3.63, 3.8) is 0 Å². The summed E-state index contributed by atoms with van der Waals surface area (Å²) in [4.78, 5) is 17.3. The molecule has 0 atom stereocenters. The smallest absolute Gasteiger partial charge is 0.264 e. The van der Waals surface area contributed by atoms with Gasteiger partial charge >= 0.3 is 0 Å². The van der Waals surface area contributed by atoms with Gasteiger partial charge in [0.15, 0.2) is 5.17 Å². The molecule has 22 heavy (non-hydrogen) atoms. The van der Waals surface area contributed by atoms with Crippen molar-refractivity contribution < 1.29 is 9.90 Å². The van der Waals surface area contributed by atoms with Gasteiger partial charge in [0.1, 0.15) is 5.75 Å². The predicted molar refractivity (Wildman–Crippen MR) is 93.8 cm³/mol. The first-order valence-electron chi connectivity index (χ1n) is 7.39. The van der Waals surface area contributed by atoms with Crippen LogP contribution >= 0.6 is 27.7 Å². The van der Waals surface area contributed by atoms with Crippen LogP contribution in [0.5, 0.6) is 5.75 Å². The molecule has 2 fully saturated rings. The van der Waals surface area contributed by atoms with Crippen LogP contribution in [0.25, 0.3) is 6.08 Å². The van der Waals surface area contributed by atoms with Crippen LogP contribution in [0.2, 0.25) is 0 Å². The van der Waals surface area contributed by atoms with Gasteiger partial charge in [-0.25, -0.2) is 0 Å². The Labute approximate surface area is 142 Å². The molecule has 1 saturated carbocycles. The zero-order valence-electron chi connectivity index (χ0n) is 12.0. The highest BCUT2D eigenvalue weighted by Gasteiger charge is 2.25. The number of carbonyl (C=O) groups excluding carboxylic acids is 1. The Kier molecular flexibility index (Phi) is 4.88. The Balaban J connectivity index is 1.74. The topological polar surface area (TPSA) is 61.7 Å². The van der Waals surface area contributed by atoms with Crippen molar-refractivity contribution in [3.8, 4) is 5.75 Å². The monoisotopic (exact) mass is 380 g/mol. The summed E-state index contributed by atoms with van der Waals surface area (Å²) in [6.45, 7) is 0. The van der Waals surface area contributed by atoms with E-state index in [1.165, 1.54) is 31.0 Å². The molecule has 0 unspecified atom stereocenters. The minimum atomic E-state index is -0.108. The highest BCUT2D eigenvalue weighted by Crippen LogP contribution is 2.30. The SMILES string of the molecule is O=C1NC(=NC2CCCCC2)S/C1=C\c1ccc(O)c(Br)c1. The molecule has 0 radical (unpaired) electrons. The minimum Gasteiger partial charge on any atom is -0.507 e. The summed E-state index contributed by atoms with van der Waals surface area (Å²) < 4.78 is 0.612. The summed E-state index contributed by atoms with van der Waals surface area (Å²) in [7, 11) is 0. The van der Waals surface area contributed by atoms with E-state index in [0.717, 1.165) is 18.4 Å². The van der Waals surface area contributed by atoms with E-state index in [4.69, 9.17) is 0 Å². The number of halogens is 1. The average molecular weight is 381 g/mol. The third kappa shape index (κ3) is 3.73. The number of nitrogens with one attached hydrogen (secondary N) is 1. The number of thioether (sulfide) groups is 1. The van der Waals surface area contributed by atoms with Crippen LogP contribution in [-0.4, -0.2) is 22.2 Å². The van der Waals surface area contributed by atoms with Crippen molar-refractivity contribution in [2.75, 3.05) is 0 Å². The molecule has 1 aliphatic carbocycles. The van der Waals surface area contributed by atoms with Gasteiger partial charge in [0.05, 0.1) is 15.4 Å². The maximum Gasteiger partial charge on any atom is 0.264 e. The summed E-state index contributed by atoms with van der Waals surface area (Å²) >= 11 is 4.67. The van der Waals surface area contributed by atoms with Crippen LogP contribution in [0.15, 0.2) is 32.6 Å². The standard InChI is InChI=1S/C16H17BrN2O2S/c17-12-8-10(6-7-13(12)20)9-14-15(21)19-16(22-14)18-11-4-2-1-3-5-11/h6-9,11,20H,1-5H2,(H,18,19,21)/b14-9-. The fourth-order valence-electron chi connectivity index (χ4n) is 2.63. The molecule has 2 aliphatic rings. The molecule has 1 aliphatic heterocycles. The molecule has 1 amide bonds. The van der Waals surface area contributed by atoms with Crippen LogP contribution < -0.4 is 5.32 Å². The quantitative estimate of drug-likeness (QED) is 0.760. The lowest BCUT2D eigenvalue weighted by atomic mass is 9.96. The first-order valence-corrected chi connectivity index (χ1v) is 9.00. The molecular weight excluding hydrogens is 364 g/mol. The third-order valence-corrected chi connectivity index (χ3v) is 5.35. The fraction of sp³-hybridized carbons (Fsp3) is 0.375. The number of aromatic hydroxyl groups is 1. The number of aliphatic imine (C=N–C) groups is 1. The lowest BCUT2D eigenvalue weighted by Crippen LogP contribution is -2.22. The fourth-order valence-corrected chi connectivity index (χ4v) is 3.92. The van der Waals surface area contributed by atoms with Gasteiger partial charge in [-0.3, -0.25) is 9.79 Å². The zero-order chi connectivity index (χ0) is 15.5. The summed E-state index contributed by atoms with van der Waals surface area (Å²) in [6, 6.07) is 5.51. The van der Waals surface area contributed by atoms with E-state index in [-0.39, 0.29) is 11.7 Å². The molecule has 0 bridgehead atoms. The third-order valence-electron chi connectivity index (χ3n) is 3.79. The highest BCUT2D eigenvalue weighted by atomic mass is 79.9. The molecule has 3 rings (SSSR count). The predicted octanol–water partition coefficient (Wildman–Crippen LogP) is 4.05. The second kappa shape index (κ2) is 6.87. The Morgan fingerprint density at radius 2 is 2.09 bits per heavy atom. The number of hydrogen-bond donors (Lipinski definition) is 2. The molecule has 1 heterocycles. The van der Waals surface area contributed by atoms with E-state index in [1.807, 2.05) is 6.08 Å². The first kappa shape index (κ1) is 15.6. The molecule has 0 spiro atoms. The van der Waals surface area contributed by atoms with E-state index in [1.54, 1.807) is 18.2 Å². The summed E-state index contributed by atoms with van der Waals surface area (Å²) in [5.41, 5.74) is 0.862. The lowest BCUT2D eigenvalue weighted by Gasteiger charge is -2.17. The minimum absolute atomic E-state index is 0.108. The van der Waals surface area contributed by atoms with E-state index in [9.17, 15) is 9.90 Å². The van der Waals surface area contributed by atoms with Gasteiger partial charge < -0.3 is 10.4 Å². The normalized spacial score (nSPS) is 23.2. The van der Waals surface area contributed by atoms with Crippen LogP contribution in [0, 0.1) is 0 Å². The number of nitrogens with zero attached hydrogens (tertiary/aromatic N) is 1. The van der Waals surface area contributed by atoms with Gasteiger partial charge in [-0.15, -0.1) is 0 Å². The van der Waals surface area contributed by atoms with Crippen molar-refractivity contribution in [3.05, 3.63) is 33.1 Å². The number of phenolic OH excluding ortho intramolecular Hbond substituents is 1. The molecule has 116 valence electrons. The number of rotatable bonds is 2. The maximum absolute atomic E-state index is 12.0. The van der Waals surface area contributed by atoms with Gasteiger partial charge in [0.2, 0.25) is 0 Å². The van der Waals surface area contributed by atoms with Gasteiger partial charge in [0.25, 0.3) is 5.91 Å². The van der Waals surface area contributed by atoms with Gasteiger partial charge in [-0.05, 0) is 64.3 Å². The number of carbonyl (C=O) groups is 1. The van der Waals surface area contributed by atoms with Gasteiger partial charge in [-0.1, -0.05) is 25.3 Å². The Bertz CT molecular complexity index is 652. The van der Waals surface area contributed by atoms with Crippen LogP contribution in [0.3, 0.4) is 0 Å². The summed E-state index contributed by atoms with van der Waals surface area (Å²) in [5.74, 6) is 0.0778. The van der Waals surface area contributed by atoms with Crippen LogP contribution in [0.4, 0.5) is 0 Å². The second-order valence-electron chi connectivity index (χ2n) is 5.50. The largest absolute Gasteiger partial charge is 0.507 e. The molecule has 2 N–H and O–H groups in total. The van der Waals surface area contributed by atoms with Gasteiger partial charge in [-0.2, -0.15) is 0 Å². The number of hydrogen-bond acceptors (Lipinski definition) is 4. The Hall–Kier alpha value is -1.27. The number of benzene rings is 1. The molecule has 1 aromatic rings. The molecular formula is C16H17BrN2O2S. The first-order chi connectivity index (χ1) is 10.6. The van der Waals surface area contributed by atoms with Crippen LogP contribution in [-0.2, 0) is 4.79 Å². The van der Waals surface area contributed by atoms with E-state index in [0.29, 0.717) is 20.6 Å². The lowest BCUT2D eigenvalue weighted by molar-refractivity contribution is -0.115. The number of amidine groups is 1. The summed E-state index contributed by atoms with van der Waals surface area (Å²) in [6.07, 6.45) is 7.79. The molecule has 1 aromatic carbocycles. The van der Waals surface area contributed by atoms with E-state index < -0.39 is 0 Å². The number of phenols is 1. The zero-order valence-corrected chi connectivity index (χ0v) is 14.4. The average Bonchev–Trinajstić information content (AvgIpc) is 2.84. The van der Waals surface area contributed by atoms with Crippen molar-refractivity contribution in [2.45, 2.75) is 38.1 Å². The summed E-state index contributed by atoms with van der Waals surface area (Å²) in [5, 5.41) is 13.1. The Morgan fingerprint density at radius 3 is 2.82 bits per heavy atom. The molecule has 1 saturated heterocycles. The number of amides is 1. The van der Waals surface area contributed by atoms with Crippen molar-refractivity contribution >= 4 is 44.8 Å². The maximum atomic E-state index is 12.0. The van der Waals surface area contributed by atoms with Gasteiger partial charge in [0, 0.05) is 0 Å². The van der Waals surface area contributed by atoms with Crippen LogP contribution in [0.1, 0.15) is 37.7 Å². The van der Waals surface area contributed by atoms with E-state index in [2.05, 4.69) is 26.2 Å². The molecule has 6 heteroatoms. The molecule has 0 aromatic heterocycles. The molecule has 4 nitrogen and oxygen atoms in total. The van der Waals surface area contributed by atoms with Crippen molar-refractivity contribution in [1.82, 2.24) is 5.32 Å². The van der Waals surface area contributed by atoms with Crippen molar-refractivity contribution in [1.29, 1.82) is 0 Å².